The van der Waals surface area contributed by atoms with E-state index in [9.17, 15) is 0 Å². The first-order valence-electron chi connectivity index (χ1n) is 5.60. The molecule has 0 saturated heterocycles. The van der Waals surface area contributed by atoms with Gasteiger partial charge in [-0.2, -0.15) is 0 Å². The van der Waals surface area contributed by atoms with Crippen molar-refractivity contribution in [3.05, 3.63) is 0 Å². The van der Waals surface area contributed by atoms with E-state index in [0.29, 0.717) is 5.92 Å². The molecule has 0 amide bonds. The summed E-state index contributed by atoms with van der Waals surface area (Å²) in [4.78, 5) is 4.25. The Kier molecular flexibility index (Phi) is 9.71. The normalized spacial score (nSPS) is 15.6. The van der Waals surface area contributed by atoms with E-state index in [-0.39, 0.29) is 0 Å². The quantitative estimate of drug-likeness (QED) is 0.303. The van der Waals surface area contributed by atoms with Crippen molar-refractivity contribution in [2.75, 3.05) is 19.4 Å². The fourth-order valence-corrected chi connectivity index (χ4v) is 4.67. The molecule has 16 heavy (non-hydrogen) atoms. The number of aliphatic imine (C=N–C) groups is 1. The first kappa shape index (κ1) is 16.4. The molecular weight excluding hydrogens is 259 g/mol. The molecule has 0 aliphatic heterocycles. The van der Waals surface area contributed by atoms with E-state index < -0.39 is 5.62 Å². The van der Waals surface area contributed by atoms with Gasteiger partial charge in [0.25, 0.3) is 0 Å². The van der Waals surface area contributed by atoms with Crippen LogP contribution in [-0.4, -0.2) is 25.7 Å². The van der Waals surface area contributed by atoms with Crippen LogP contribution < -0.4 is 5.09 Å². The Labute approximate surface area is 109 Å². The molecule has 0 heterocycles. The Morgan fingerprint density at radius 2 is 2.25 bits per heavy atom. The lowest BCUT2D eigenvalue weighted by atomic mass is 10.3. The smallest absolute Gasteiger partial charge is 0.210 e. The Morgan fingerprint density at radius 3 is 2.75 bits per heavy atom. The third kappa shape index (κ3) is 8.57. The fourth-order valence-electron chi connectivity index (χ4n) is 0.815. The fraction of sp³-hybridized carbons (Fsp3) is 0.900. The molecule has 96 valence electrons. The molecule has 3 nitrogen and oxygen atoms in total. The molecule has 0 aromatic rings. The van der Waals surface area contributed by atoms with E-state index in [1.54, 1.807) is 24.8 Å². The number of unbranched alkanes of at least 4 members (excludes halogenated alkanes) is 1. The second-order valence-corrected chi connectivity index (χ2v) is 10.7. The molecule has 0 fully saturated rings. The van der Waals surface area contributed by atoms with E-state index in [4.69, 9.17) is 16.3 Å². The van der Waals surface area contributed by atoms with Crippen LogP contribution in [-0.2, 0) is 16.3 Å². The Morgan fingerprint density at radius 1 is 1.56 bits per heavy atom. The van der Waals surface area contributed by atoms with Crippen LogP contribution in [0.1, 0.15) is 33.6 Å². The highest BCUT2D eigenvalue weighted by Crippen LogP contribution is 2.55. The predicted molar refractivity (Wildman–Crippen MR) is 80.0 cm³/mol. The van der Waals surface area contributed by atoms with Crippen LogP contribution in [0, 0.1) is 5.92 Å². The summed E-state index contributed by atoms with van der Waals surface area (Å²) >= 11 is 7.15. The van der Waals surface area contributed by atoms with Gasteiger partial charge in [0.15, 0.2) is 0 Å². The highest BCUT2D eigenvalue weighted by atomic mass is 32.9. The van der Waals surface area contributed by atoms with Gasteiger partial charge in [0.2, 0.25) is 5.62 Å². The van der Waals surface area contributed by atoms with Gasteiger partial charge in [0.1, 0.15) is 0 Å². The van der Waals surface area contributed by atoms with Crippen LogP contribution in [0.2, 0.25) is 0 Å². The predicted octanol–water partition coefficient (Wildman–Crippen LogP) is 3.66. The minimum absolute atomic E-state index is 0.626. The maximum Gasteiger partial charge on any atom is 0.210 e. The minimum atomic E-state index is -1.95. The minimum Gasteiger partial charge on any atom is -0.330 e. The molecule has 0 bridgehead atoms. The third-order valence-electron chi connectivity index (χ3n) is 1.77. The van der Waals surface area contributed by atoms with Gasteiger partial charge in [-0.25, -0.2) is 0 Å². The first-order chi connectivity index (χ1) is 7.54. The van der Waals surface area contributed by atoms with Crippen molar-refractivity contribution >= 4 is 35.1 Å². The first-order valence-corrected chi connectivity index (χ1v) is 9.91. The van der Waals surface area contributed by atoms with Crippen molar-refractivity contribution in [3.63, 3.8) is 0 Å². The van der Waals surface area contributed by atoms with E-state index in [2.05, 4.69) is 30.9 Å². The molecule has 0 radical (unpaired) electrons. The molecule has 1 unspecified atom stereocenters. The number of nitrogens with zero attached hydrogens (tertiary/aromatic N) is 1. The van der Waals surface area contributed by atoms with Crippen LogP contribution in [0.15, 0.2) is 4.99 Å². The lowest BCUT2D eigenvalue weighted by Crippen LogP contribution is -2.08. The van der Waals surface area contributed by atoms with Gasteiger partial charge in [0, 0.05) is 19.4 Å². The van der Waals surface area contributed by atoms with Gasteiger partial charge in [-0.05, 0) is 24.1 Å². The number of rotatable bonds is 9. The van der Waals surface area contributed by atoms with Crippen molar-refractivity contribution < 1.29 is 4.52 Å². The van der Waals surface area contributed by atoms with Crippen LogP contribution >= 0.6 is 17.0 Å². The van der Waals surface area contributed by atoms with Crippen molar-refractivity contribution in [1.29, 1.82) is 0 Å². The van der Waals surface area contributed by atoms with Gasteiger partial charge >= 0.3 is 0 Å². The molecule has 0 spiro atoms. The Balaban J connectivity index is 3.96. The van der Waals surface area contributed by atoms with E-state index >= 15 is 0 Å². The highest BCUT2D eigenvalue weighted by molar-refractivity contribution is 8.68. The number of nitrogens with one attached hydrogen (secondary N) is 1. The summed E-state index contributed by atoms with van der Waals surface area (Å²) in [5, 5.41) is 3.14. The summed E-state index contributed by atoms with van der Waals surface area (Å²) in [7, 11) is 1.67. The van der Waals surface area contributed by atoms with Crippen molar-refractivity contribution in [3.8, 4) is 0 Å². The summed E-state index contributed by atoms with van der Waals surface area (Å²) in [6.07, 6.45) is 4.00. The van der Waals surface area contributed by atoms with Crippen LogP contribution in [0.5, 0.6) is 0 Å². The average molecular weight is 282 g/mol. The molecule has 0 aromatic heterocycles. The van der Waals surface area contributed by atoms with Crippen molar-refractivity contribution in [1.82, 2.24) is 5.09 Å². The SMILES string of the molecule is CCCCN=CNP(=S)(OC)SCC(C)C. The third-order valence-corrected chi connectivity index (χ3v) is 7.78. The van der Waals surface area contributed by atoms with E-state index in [1.807, 2.05) is 0 Å². The zero-order chi connectivity index (χ0) is 12.4. The monoisotopic (exact) mass is 282 g/mol. The van der Waals surface area contributed by atoms with Crippen molar-refractivity contribution in [2.45, 2.75) is 33.6 Å². The lowest BCUT2D eigenvalue weighted by molar-refractivity contribution is 0.467. The average Bonchev–Trinajstić information content (AvgIpc) is 2.26. The summed E-state index contributed by atoms with van der Waals surface area (Å²) in [5.74, 6) is 1.64. The summed E-state index contributed by atoms with van der Waals surface area (Å²) in [6, 6.07) is 0. The molecule has 0 aromatic carbocycles. The van der Waals surface area contributed by atoms with Gasteiger partial charge in [-0.1, -0.05) is 38.6 Å². The highest BCUT2D eigenvalue weighted by Gasteiger charge is 2.15. The Bertz CT molecular complexity index is 247. The lowest BCUT2D eigenvalue weighted by Gasteiger charge is -2.19. The summed E-state index contributed by atoms with van der Waals surface area (Å²) in [5.41, 5.74) is -1.95. The molecule has 0 aliphatic carbocycles. The second-order valence-electron chi connectivity index (χ2n) is 3.89. The molecule has 1 N–H and O–H groups in total. The van der Waals surface area contributed by atoms with Gasteiger partial charge < -0.3 is 9.61 Å². The number of hydrogen-bond acceptors (Lipinski definition) is 4. The molecule has 0 aliphatic rings. The summed E-state index contributed by atoms with van der Waals surface area (Å²) in [6.45, 7) is 7.37. The Hall–Kier alpha value is 0.430. The summed E-state index contributed by atoms with van der Waals surface area (Å²) < 4.78 is 5.38. The molecule has 1 atom stereocenters. The number of hydrogen-bond donors (Lipinski definition) is 1. The zero-order valence-electron chi connectivity index (χ0n) is 10.6. The molecular formula is C10H23N2OPS2. The molecule has 0 rings (SSSR count). The van der Waals surface area contributed by atoms with Gasteiger partial charge in [0.05, 0.1) is 6.34 Å². The second kappa shape index (κ2) is 9.46. The zero-order valence-corrected chi connectivity index (χ0v) is 13.1. The largest absolute Gasteiger partial charge is 0.330 e. The topological polar surface area (TPSA) is 33.6 Å². The van der Waals surface area contributed by atoms with Crippen molar-refractivity contribution in [2.24, 2.45) is 10.9 Å². The molecule has 0 saturated carbocycles. The van der Waals surface area contributed by atoms with Crippen LogP contribution in [0.4, 0.5) is 0 Å². The van der Waals surface area contributed by atoms with E-state index in [0.717, 1.165) is 25.1 Å². The maximum atomic E-state index is 5.45. The van der Waals surface area contributed by atoms with Crippen LogP contribution in [0.25, 0.3) is 0 Å². The van der Waals surface area contributed by atoms with Gasteiger partial charge in [-0.3, -0.25) is 4.99 Å². The van der Waals surface area contributed by atoms with E-state index in [1.165, 1.54) is 0 Å². The standard InChI is InChI=1S/C10H23N2OPS2/c1-5-6-7-11-9-12-14(15,13-4)16-8-10(2)3/h9-10H,5-8H2,1-4H3,(H,11,12,15). The van der Waals surface area contributed by atoms with Crippen LogP contribution in [0.3, 0.4) is 0 Å². The molecule has 6 heteroatoms. The van der Waals surface area contributed by atoms with Gasteiger partial charge in [-0.15, -0.1) is 0 Å². The maximum absolute atomic E-state index is 5.45.